The molecule has 0 amide bonds. The van der Waals surface area contributed by atoms with Crippen molar-refractivity contribution in [2.45, 2.75) is 38.9 Å². The normalized spacial score (nSPS) is 15.5. The van der Waals surface area contributed by atoms with Crippen LogP contribution < -0.4 is 0 Å². The fourth-order valence-electron chi connectivity index (χ4n) is 3.21. The average molecular weight is 377 g/mol. The minimum Gasteiger partial charge on any atom is -0.347 e. The Hall–Kier alpha value is -2.98. The van der Waals surface area contributed by atoms with Crippen LogP contribution in [0.5, 0.6) is 0 Å². The largest absolute Gasteiger partial charge is 0.347 e. The topological polar surface area (TPSA) is 92.8 Å². The van der Waals surface area contributed by atoms with E-state index >= 15 is 0 Å². The molecule has 28 heavy (non-hydrogen) atoms. The maximum absolute atomic E-state index is 9.74. The van der Waals surface area contributed by atoms with Gasteiger partial charge in [0, 0.05) is 25.2 Å². The summed E-state index contributed by atoms with van der Waals surface area (Å²) in [7, 11) is 0. The van der Waals surface area contributed by atoms with Gasteiger partial charge < -0.3 is 9.47 Å². The molecule has 1 aliphatic rings. The van der Waals surface area contributed by atoms with Gasteiger partial charge in [-0.05, 0) is 31.4 Å². The van der Waals surface area contributed by atoms with Crippen LogP contribution in [-0.4, -0.2) is 43.4 Å². The lowest BCUT2D eigenvalue weighted by Crippen LogP contribution is -2.33. The molecule has 0 atom stereocenters. The molecule has 0 saturated carbocycles. The quantitative estimate of drug-likeness (QED) is 0.393. The average Bonchev–Trinajstić information content (AvgIpc) is 2.71. The van der Waals surface area contributed by atoms with Gasteiger partial charge in [0.1, 0.15) is 12.6 Å². The Balaban J connectivity index is 2.29. The number of hydrogen-bond acceptors (Lipinski definition) is 5. The summed E-state index contributed by atoms with van der Waals surface area (Å²) in [6.45, 7) is 6.57. The Morgan fingerprint density at radius 3 is 2.25 bits per heavy atom. The molecule has 0 aliphatic carbocycles. The molecule has 0 radical (unpaired) electrons. The predicted molar refractivity (Wildman–Crippen MR) is 105 cm³/mol. The standard InChI is InChI=1S/C22H25N4O2/c1-3-27-22(28-4-2)16-26-11-5-6-19(15-26)21(14-25)18-9-7-17(8-10-18)20(12-23)13-24/h7-10,15,20,22H,3-6,11,16H2,1-2H3/q+1/b21-19+. The second-order valence-electron chi connectivity index (χ2n) is 6.39. The van der Waals surface area contributed by atoms with Crippen molar-refractivity contribution in [3.05, 3.63) is 41.0 Å². The smallest absolute Gasteiger partial charge is 0.217 e. The van der Waals surface area contributed by atoms with Crippen LogP contribution in [0.2, 0.25) is 0 Å². The highest BCUT2D eigenvalue weighted by Gasteiger charge is 2.22. The van der Waals surface area contributed by atoms with E-state index in [4.69, 9.17) is 20.0 Å². The molecule has 0 bridgehead atoms. The summed E-state index contributed by atoms with van der Waals surface area (Å²) >= 11 is 0. The number of benzene rings is 1. The second kappa shape index (κ2) is 11.0. The summed E-state index contributed by atoms with van der Waals surface area (Å²) < 4.78 is 13.4. The van der Waals surface area contributed by atoms with Gasteiger partial charge in [-0.2, -0.15) is 15.8 Å². The lowest BCUT2D eigenvalue weighted by Gasteiger charge is -2.18. The zero-order valence-corrected chi connectivity index (χ0v) is 16.4. The van der Waals surface area contributed by atoms with Crippen molar-refractivity contribution in [2.24, 2.45) is 0 Å². The molecule has 1 aliphatic heterocycles. The van der Waals surface area contributed by atoms with Crippen LogP contribution in [0.15, 0.2) is 29.8 Å². The molecular formula is C22H25N4O2+. The van der Waals surface area contributed by atoms with Crippen LogP contribution >= 0.6 is 0 Å². The van der Waals surface area contributed by atoms with E-state index in [1.807, 2.05) is 32.2 Å². The number of allylic oxidation sites excluding steroid dienone is 2. The highest BCUT2D eigenvalue weighted by molar-refractivity contribution is 5.94. The highest BCUT2D eigenvalue weighted by atomic mass is 16.7. The summed E-state index contributed by atoms with van der Waals surface area (Å²) in [6.07, 6.45) is 3.51. The first-order valence-corrected chi connectivity index (χ1v) is 9.51. The van der Waals surface area contributed by atoms with E-state index in [2.05, 4.69) is 10.6 Å². The first-order chi connectivity index (χ1) is 13.7. The molecule has 1 aromatic carbocycles. The zero-order valence-electron chi connectivity index (χ0n) is 16.4. The van der Waals surface area contributed by atoms with Gasteiger partial charge in [-0.1, -0.05) is 24.3 Å². The number of ether oxygens (including phenoxy) is 2. The van der Waals surface area contributed by atoms with Crippen molar-refractivity contribution in [3.63, 3.8) is 0 Å². The molecule has 1 heterocycles. The molecule has 0 fully saturated rings. The van der Waals surface area contributed by atoms with Gasteiger partial charge in [0.2, 0.25) is 6.29 Å². The van der Waals surface area contributed by atoms with Crippen molar-refractivity contribution in [1.82, 2.24) is 0 Å². The maximum Gasteiger partial charge on any atom is 0.217 e. The van der Waals surface area contributed by atoms with E-state index in [0.717, 1.165) is 30.5 Å². The summed E-state index contributed by atoms with van der Waals surface area (Å²) in [5, 5.41) is 27.8. The molecule has 0 spiro atoms. The third kappa shape index (κ3) is 5.51. The van der Waals surface area contributed by atoms with E-state index in [1.54, 1.807) is 24.3 Å². The SMILES string of the molecule is CCOC(C[N+]1=C/C(=C(\C#N)c2ccc(C(C#N)C#N)cc2)CCC1)OCC. The molecular weight excluding hydrogens is 352 g/mol. The number of nitrogens with zero attached hydrogens (tertiary/aromatic N) is 4. The highest BCUT2D eigenvalue weighted by Crippen LogP contribution is 2.24. The molecule has 0 saturated heterocycles. The molecule has 144 valence electrons. The van der Waals surface area contributed by atoms with E-state index in [9.17, 15) is 5.26 Å². The lowest BCUT2D eigenvalue weighted by atomic mass is 9.94. The molecule has 0 N–H and O–H groups in total. The van der Waals surface area contributed by atoms with Crippen molar-refractivity contribution in [3.8, 4) is 18.2 Å². The molecule has 2 rings (SSSR count). The molecule has 6 nitrogen and oxygen atoms in total. The number of hydrogen-bond donors (Lipinski definition) is 0. The van der Waals surface area contributed by atoms with Gasteiger partial charge in [-0.25, -0.2) is 4.58 Å². The predicted octanol–water partition coefficient (Wildman–Crippen LogP) is 3.37. The Morgan fingerprint density at radius 2 is 1.71 bits per heavy atom. The van der Waals surface area contributed by atoms with E-state index < -0.39 is 5.92 Å². The van der Waals surface area contributed by atoms with Gasteiger partial charge in [0.05, 0.1) is 17.7 Å². The molecule has 6 heteroatoms. The summed E-state index contributed by atoms with van der Waals surface area (Å²) in [4.78, 5) is 0. The minimum absolute atomic E-state index is 0.288. The zero-order chi connectivity index (χ0) is 20.4. The van der Waals surface area contributed by atoms with Gasteiger partial charge in [-0.3, -0.25) is 0 Å². The maximum atomic E-state index is 9.74. The van der Waals surface area contributed by atoms with Crippen LogP contribution in [0, 0.1) is 34.0 Å². The van der Waals surface area contributed by atoms with E-state index in [0.29, 0.717) is 30.9 Å². The Kier molecular flexibility index (Phi) is 8.37. The van der Waals surface area contributed by atoms with E-state index in [1.165, 1.54) is 0 Å². The second-order valence-corrected chi connectivity index (χ2v) is 6.39. The van der Waals surface area contributed by atoms with Gasteiger partial charge in [-0.15, -0.1) is 0 Å². The van der Waals surface area contributed by atoms with Crippen LogP contribution in [0.25, 0.3) is 5.57 Å². The monoisotopic (exact) mass is 377 g/mol. The molecule has 0 unspecified atom stereocenters. The Bertz CT molecular complexity index is 830. The summed E-state index contributed by atoms with van der Waals surface area (Å²) in [5.74, 6) is -0.793. The van der Waals surface area contributed by atoms with Crippen LogP contribution in [0.4, 0.5) is 0 Å². The van der Waals surface area contributed by atoms with Crippen molar-refractivity contribution >= 4 is 11.8 Å². The summed E-state index contributed by atoms with van der Waals surface area (Å²) in [6, 6.07) is 13.3. The van der Waals surface area contributed by atoms with Crippen LogP contribution in [-0.2, 0) is 9.47 Å². The van der Waals surface area contributed by atoms with Crippen LogP contribution in [0.1, 0.15) is 43.7 Å². The minimum atomic E-state index is -0.793. The third-order valence-corrected chi connectivity index (χ3v) is 4.54. The fourth-order valence-corrected chi connectivity index (χ4v) is 3.21. The number of rotatable bonds is 8. The first-order valence-electron chi connectivity index (χ1n) is 9.51. The van der Waals surface area contributed by atoms with Gasteiger partial charge in [0.15, 0.2) is 18.7 Å². The first kappa shape index (κ1) is 21.3. The fraction of sp³-hybridized carbons (Fsp3) is 0.455. The van der Waals surface area contributed by atoms with Gasteiger partial charge in [0.25, 0.3) is 0 Å². The summed E-state index contributed by atoms with van der Waals surface area (Å²) in [5.41, 5.74) is 3.03. The van der Waals surface area contributed by atoms with E-state index in [-0.39, 0.29) is 6.29 Å². The van der Waals surface area contributed by atoms with Crippen LogP contribution in [0.3, 0.4) is 0 Å². The Morgan fingerprint density at radius 1 is 1.07 bits per heavy atom. The molecule has 0 aromatic heterocycles. The number of nitriles is 3. The van der Waals surface area contributed by atoms with Crippen molar-refractivity contribution < 1.29 is 14.0 Å². The third-order valence-electron chi connectivity index (χ3n) is 4.54. The van der Waals surface area contributed by atoms with Crippen molar-refractivity contribution in [2.75, 3.05) is 26.3 Å². The Labute approximate surface area is 166 Å². The van der Waals surface area contributed by atoms with Gasteiger partial charge >= 0.3 is 0 Å². The van der Waals surface area contributed by atoms with Crippen molar-refractivity contribution in [1.29, 1.82) is 15.8 Å². The lowest BCUT2D eigenvalue weighted by molar-refractivity contribution is -0.546. The molecule has 1 aromatic rings.